The third-order valence-corrected chi connectivity index (χ3v) is 2.60. The average molecular weight is 262 g/mol. The van der Waals surface area contributed by atoms with Gasteiger partial charge in [-0.15, -0.1) is 0 Å². The van der Waals surface area contributed by atoms with Gasteiger partial charge in [0.15, 0.2) is 11.5 Å². The van der Waals surface area contributed by atoms with E-state index in [0.717, 1.165) is 5.56 Å². The molecule has 1 aromatic carbocycles. The van der Waals surface area contributed by atoms with Gasteiger partial charge >= 0.3 is 0 Å². The van der Waals surface area contributed by atoms with Crippen molar-refractivity contribution in [2.45, 2.75) is 19.3 Å². The van der Waals surface area contributed by atoms with Crippen LogP contribution >= 0.6 is 0 Å². The van der Waals surface area contributed by atoms with Crippen molar-refractivity contribution >= 4 is 5.91 Å². The molecule has 0 aliphatic heterocycles. The molecule has 0 bridgehead atoms. The van der Waals surface area contributed by atoms with Gasteiger partial charge in [0.2, 0.25) is 5.91 Å². The van der Waals surface area contributed by atoms with Crippen molar-refractivity contribution in [1.29, 1.82) is 5.26 Å². The Morgan fingerprint density at radius 3 is 2.68 bits per heavy atom. The predicted octanol–water partition coefficient (Wildman–Crippen LogP) is 1.67. The fourth-order valence-electron chi connectivity index (χ4n) is 1.63. The zero-order valence-electron chi connectivity index (χ0n) is 11.2. The Morgan fingerprint density at radius 1 is 1.32 bits per heavy atom. The van der Waals surface area contributed by atoms with Crippen molar-refractivity contribution in [3.63, 3.8) is 0 Å². The number of carbonyl (C=O) groups is 1. The lowest BCUT2D eigenvalue weighted by Crippen LogP contribution is -2.26. The fraction of sp³-hybridized carbons (Fsp3) is 0.429. The van der Waals surface area contributed by atoms with E-state index in [0.29, 0.717) is 30.9 Å². The van der Waals surface area contributed by atoms with Crippen molar-refractivity contribution in [2.24, 2.45) is 0 Å². The Morgan fingerprint density at radius 2 is 2.05 bits per heavy atom. The number of unbranched alkanes of at least 4 members (excludes halogenated alkanes) is 1. The molecule has 0 aromatic heterocycles. The van der Waals surface area contributed by atoms with Crippen LogP contribution in [-0.4, -0.2) is 26.7 Å². The van der Waals surface area contributed by atoms with E-state index in [9.17, 15) is 4.79 Å². The van der Waals surface area contributed by atoms with Crippen LogP contribution in [0, 0.1) is 11.3 Å². The number of methoxy groups -OCH3 is 2. The molecule has 1 aromatic rings. The fourth-order valence-corrected chi connectivity index (χ4v) is 1.63. The maximum Gasteiger partial charge on any atom is 0.224 e. The second-order valence-electron chi connectivity index (χ2n) is 3.98. The molecule has 1 rings (SSSR count). The van der Waals surface area contributed by atoms with Crippen molar-refractivity contribution in [3.05, 3.63) is 23.8 Å². The van der Waals surface area contributed by atoms with Crippen LogP contribution in [0.4, 0.5) is 0 Å². The molecule has 102 valence electrons. The smallest absolute Gasteiger partial charge is 0.224 e. The molecule has 0 fully saturated rings. The molecule has 0 saturated heterocycles. The summed E-state index contributed by atoms with van der Waals surface area (Å²) in [7, 11) is 3.13. The summed E-state index contributed by atoms with van der Waals surface area (Å²) < 4.78 is 10.3. The Bertz CT molecular complexity index is 466. The number of benzene rings is 1. The Labute approximate surface area is 113 Å². The number of hydrogen-bond donors (Lipinski definition) is 1. The minimum absolute atomic E-state index is 0.0647. The van der Waals surface area contributed by atoms with Crippen molar-refractivity contribution in [1.82, 2.24) is 5.32 Å². The van der Waals surface area contributed by atoms with Gasteiger partial charge in [-0.2, -0.15) is 5.26 Å². The zero-order chi connectivity index (χ0) is 14.1. The molecular formula is C14H18N2O3. The molecule has 0 aliphatic carbocycles. The minimum Gasteiger partial charge on any atom is -0.493 e. The average Bonchev–Trinajstić information content (AvgIpc) is 2.43. The van der Waals surface area contributed by atoms with Crippen LogP contribution in [0.3, 0.4) is 0 Å². The van der Waals surface area contributed by atoms with E-state index >= 15 is 0 Å². The molecule has 0 saturated carbocycles. The van der Waals surface area contributed by atoms with Crippen LogP contribution < -0.4 is 14.8 Å². The Hall–Kier alpha value is -2.22. The molecule has 0 radical (unpaired) electrons. The molecule has 0 spiro atoms. The first kappa shape index (κ1) is 14.8. The number of rotatable bonds is 7. The topological polar surface area (TPSA) is 71.3 Å². The summed E-state index contributed by atoms with van der Waals surface area (Å²) in [5, 5.41) is 11.2. The van der Waals surface area contributed by atoms with Gasteiger partial charge in [-0.1, -0.05) is 6.07 Å². The maximum absolute atomic E-state index is 11.7. The van der Waals surface area contributed by atoms with Crippen molar-refractivity contribution < 1.29 is 14.3 Å². The summed E-state index contributed by atoms with van der Waals surface area (Å²) in [5.41, 5.74) is 0.857. The van der Waals surface area contributed by atoms with Crippen molar-refractivity contribution in [3.8, 4) is 17.6 Å². The van der Waals surface area contributed by atoms with E-state index in [1.165, 1.54) is 0 Å². The van der Waals surface area contributed by atoms with Crippen LogP contribution in [-0.2, 0) is 11.2 Å². The lowest BCUT2D eigenvalue weighted by Gasteiger charge is -2.09. The van der Waals surface area contributed by atoms with Gasteiger partial charge in [0, 0.05) is 13.0 Å². The molecule has 5 heteroatoms. The number of nitrogens with zero attached hydrogens (tertiary/aromatic N) is 1. The summed E-state index contributed by atoms with van der Waals surface area (Å²) in [4.78, 5) is 11.7. The largest absolute Gasteiger partial charge is 0.493 e. The Kier molecular flexibility index (Phi) is 6.23. The zero-order valence-corrected chi connectivity index (χ0v) is 11.2. The van der Waals surface area contributed by atoms with Crippen LogP contribution in [0.2, 0.25) is 0 Å². The van der Waals surface area contributed by atoms with Crippen LogP contribution in [0.1, 0.15) is 18.4 Å². The second kappa shape index (κ2) is 7.98. The quantitative estimate of drug-likeness (QED) is 0.759. The molecule has 1 N–H and O–H groups in total. The van der Waals surface area contributed by atoms with E-state index in [1.54, 1.807) is 26.4 Å². The second-order valence-corrected chi connectivity index (χ2v) is 3.98. The lowest BCUT2D eigenvalue weighted by atomic mass is 10.1. The van der Waals surface area contributed by atoms with E-state index in [-0.39, 0.29) is 12.3 Å². The highest BCUT2D eigenvalue weighted by Crippen LogP contribution is 2.27. The van der Waals surface area contributed by atoms with Gasteiger partial charge in [0.05, 0.1) is 26.7 Å². The normalized spacial score (nSPS) is 9.53. The van der Waals surface area contributed by atoms with Crippen molar-refractivity contribution in [2.75, 3.05) is 20.8 Å². The molecule has 0 unspecified atom stereocenters. The van der Waals surface area contributed by atoms with Crippen LogP contribution in [0.15, 0.2) is 18.2 Å². The molecule has 5 nitrogen and oxygen atoms in total. The molecule has 0 atom stereocenters. The third kappa shape index (κ3) is 4.88. The highest BCUT2D eigenvalue weighted by molar-refractivity contribution is 5.78. The summed E-state index contributed by atoms with van der Waals surface area (Å²) in [6.45, 7) is 0.527. The summed E-state index contributed by atoms with van der Waals surface area (Å²) >= 11 is 0. The number of carbonyl (C=O) groups excluding carboxylic acids is 1. The predicted molar refractivity (Wildman–Crippen MR) is 71.1 cm³/mol. The number of hydrogen-bond acceptors (Lipinski definition) is 4. The molecular weight excluding hydrogens is 244 g/mol. The Balaban J connectivity index is 2.52. The van der Waals surface area contributed by atoms with Gasteiger partial charge in [0.25, 0.3) is 0 Å². The molecule has 1 amide bonds. The van der Waals surface area contributed by atoms with Gasteiger partial charge in [0.1, 0.15) is 0 Å². The van der Waals surface area contributed by atoms with Gasteiger partial charge < -0.3 is 14.8 Å². The van der Waals surface area contributed by atoms with Gasteiger partial charge in [-0.05, 0) is 24.1 Å². The molecule has 0 aliphatic rings. The van der Waals surface area contributed by atoms with E-state index in [2.05, 4.69) is 5.32 Å². The highest BCUT2D eigenvalue weighted by Gasteiger charge is 2.07. The first-order chi connectivity index (χ1) is 9.21. The van der Waals surface area contributed by atoms with E-state index < -0.39 is 0 Å². The number of nitrogens with one attached hydrogen (secondary N) is 1. The first-order valence-corrected chi connectivity index (χ1v) is 6.05. The van der Waals surface area contributed by atoms with Crippen LogP contribution in [0.5, 0.6) is 11.5 Å². The van der Waals surface area contributed by atoms with E-state index in [4.69, 9.17) is 14.7 Å². The number of nitriles is 1. The van der Waals surface area contributed by atoms with Gasteiger partial charge in [-0.25, -0.2) is 0 Å². The standard InChI is InChI=1S/C14H18N2O3/c1-18-12-6-5-11(9-13(12)19-2)10-14(17)16-8-4-3-7-15/h5-6,9H,3-4,8,10H2,1-2H3,(H,16,17). The highest BCUT2D eigenvalue weighted by atomic mass is 16.5. The third-order valence-electron chi connectivity index (χ3n) is 2.60. The first-order valence-electron chi connectivity index (χ1n) is 6.05. The SMILES string of the molecule is COc1ccc(CC(=O)NCCCC#N)cc1OC. The van der Waals surface area contributed by atoms with Crippen LogP contribution in [0.25, 0.3) is 0 Å². The van der Waals surface area contributed by atoms with E-state index in [1.807, 2.05) is 12.1 Å². The molecule has 0 heterocycles. The maximum atomic E-state index is 11.7. The minimum atomic E-state index is -0.0647. The summed E-state index contributed by atoms with van der Waals surface area (Å²) in [6, 6.07) is 7.43. The lowest BCUT2D eigenvalue weighted by molar-refractivity contribution is -0.120. The summed E-state index contributed by atoms with van der Waals surface area (Å²) in [5.74, 6) is 1.18. The monoisotopic (exact) mass is 262 g/mol. The summed E-state index contributed by atoms with van der Waals surface area (Å²) in [6.07, 6.45) is 1.41. The number of ether oxygens (including phenoxy) is 2. The number of amides is 1. The molecule has 19 heavy (non-hydrogen) atoms. The van der Waals surface area contributed by atoms with Gasteiger partial charge in [-0.3, -0.25) is 4.79 Å².